The molecule has 1 amide bonds. The summed E-state index contributed by atoms with van der Waals surface area (Å²) in [6.07, 6.45) is 2.41. The van der Waals surface area contributed by atoms with Gasteiger partial charge in [0, 0.05) is 18.1 Å². The first kappa shape index (κ1) is 23.2. The van der Waals surface area contributed by atoms with E-state index in [4.69, 9.17) is 16.3 Å². The van der Waals surface area contributed by atoms with Crippen LogP contribution >= 0.6 is 11.6 Å². The van der Waals surface area contributed by atoms with Crippen molar-refractivity contribution in [3.63, 3.8) is 0 Å². The average Bonchev–Trinajstić information content (AvgIpc) is 2.98. The molecule has 3 rings (SSSR count). The van der Waals surface area contributed by atoms with Gasteiger partial charge in [-0.15, -0.1) is 0 Å². The Balaban J connectivity index is 1.87. The fraction of sp³-hybridized carbons (Fsp3) is 0.364. The van der Waals surface area contributed by atoms with Gasteiger partial charge >= 0.3 is 5.97 Å². The third kappa shape index (κ3) is 5.64. The van der Waals surface area contributed by atoms with Gasteiger partial charge in [0.1, 0.15) is 6.04 Å². The van der Waals surface area contributed by atoms with Gasteiger partial charge in [-0.3, -0.25) is 4.79 Å². The van der Waals surface area contributed by atoms with Crippen molar-refractivity contribution in [2.45, 2.75) is 36.6 Å². The number of methoxy groups -OCH3 is 1. The maximum atomic E-state index is 13.4. The van der Waals surface area contributed by atoms with E-state index in [1.54, 1.807) is 24.3 Å². The predicted molar refractivity (Wildman–Crippen MR) is 117 cm³/mol. The number of carbonyl (C=O) groups excluding carboxylic acids is 2. The molecule has 0 aromatic heterocycles. The summed E-state index contributed by atoms with van der Waals surface area (Å²) in [5, 5.41) is 3.25. The fourth-order valence-electron chi connectivity index (χ4n) is 3.55. The number of hydrogen-bond acceptors (Lipinski definition) is 5. The van der Waals surface area contributed by atoms with Crippen LogP contribution in [0.25, 0.3) is 0 Å². The molecule has 1 N–H and O–H groups in total. The summed E-state index contributed by atoms with van der Waals surface area (Å²) in [6, 6.07) is 11.9. The van der Waals surface area contributed by atoms with Crippen molar-refractivity contribution in [2.24, 2.45) is 0 Å². The van der Waals surface area contributed by atoms with Crippen molar-refractivity contribution in [1.82, 2.24) is 9.62 Å². The second-order valence-electron chi connectivity index (χ2n) is 7.31. The number of nitrogens with zero attached hydrogens (tertiary/aromatic N) is 1. The summed E-state index contributed by atoms with van der Waals surface area (Å²) >= 11 is 5.92. The first-order valence-electron chi connectivity index (χ1n) is 10.1. The second kappa shape index (κ2) is 10.3. The van der Waals surface area contributed by atoms with E-state index < -0.39 is 22.0 Å². The zero-order chi connectivity index (χ0) is 22.4. The van der Waals surface area contributed by atoms with E-state index in [9.17, 15) is 18.0 Å². The molecule has 1 fully saturated rings. The Morgan fingerprint density at radius 2 is 1.81 bits per heavy atom. The Bertz CT molecular complexity index is 1020. The number of esters is 1. The normalized spacial score (nSPS) is 17.1. The highest BCUT2D eigenvalue weighted by atomic mass is 35.5. The Labute approximate surface area is 187 Å². The van der Waals surface area contributed by atoms with Crippen LogP contribution in [-0.4, -0.2) is 50.8 Å². The summed E-state index contributed by atoms with van der Waals surface area (Å²) in [6.45, 7) is 0.666. The van der Waals surface area contributed by atoms with E-state index >= 15 is 0 Å². The van der Waals surface area contributed by atoms with Crippen LogP contribution in [0.15, 0.2) is 53.4 Å². The van der Waals surface area contributed by atoms with E-state index in [0.717, 1.165) is 18.4 Å². The smallest absolute Gasteiger partial charge is 0.337 e. The molecule has 9 heteroatoms. The highest BCUT2D eigenvalue weighted by Crippen LogP contribution is 2.24. The van der Waals surface area contributed by atoms with Gasteiger partial charge in [0.25, 0.3) is 0 Å². The molecule has 1 heterocycles. The minimum absolute atomic E-state index is 0.0926. The lowest BCUT2D eigenvalue weighted by Gasteiger charge is -2.29. The number of halogens is 1. The zero-order valence-electron chi connectivity index (χ0n) is 17.2. The monoisotopic (exact) mass is 464 g/mol. The Hall–Kier alpha value is -2.42. The molecular formula is C22H25ClN2O5S. The third-order valence-electron chi connectivity index (χ3n) is 5.27. The molecule has 0 radical (unpaired) electrons. The Kier molecular flexibility index (Phi) is 7.69. The molecule has 1 atom stereocenters. The molecule has 166 valence electrons. The lowest BCUT2D eigenvalue weighted by atomic mass is 10.1. The topological polar surface area (TPSA) is 92.8 Å². The number of hydrogen-bond donors (Lipinski definition) is 1. The van der Waals surface area contributed by atoms with Gasteiger partial charge in [0.2, 0.25) is 15.9 Å². The average molecular weight is 465 g/mol. The molecular weight excluding hydrogens is 440 g/mol. The summed E-state index contributed by atoms with van der Waals surface area (Å²) in [4.78, 5) is 24.4. The molecule has 2 aromatic rings. The molecule has 0 unspecified atom stereocenters. The van der Waals surface area contributed by atoms with Gasteiger partial charge in [0.05, 0.1) is 17.6 Å². The maximum absolute atomic E-state index is 13.4. The SMILES string of the molecule is COC(=O)c1ccc(CCN([C@@H]2CCCCNC2=O)S(=O)(=O)c2ccc(Cl)cc2)cc1. The molecule has 0 saturated carbocycles. The van der Waals surface area contributed by atoms with Gasteiger partial charge in [-0.05, 0) is 67.6 Å². The van der Waals surface area contributed by atoms with Crippen molar-refractivity contribution in [3.8, 4) is 0 Å². The molecule has 1 aliphatic heterocycles. The quantitative estimate of drug-likeness (QED) is 0.636. The Morgan fingerprint density at radius 3 is 2.45 bits per heavy atom. The number of ether oxygens (including phenoxy) is 1. The van der Waals surface area contributed by atoms with Crippen LogP contribution in [-0.2, 0) is 26.0 Å². The second-order valence-corrected chi connectivity index (χ2v) is 9.64. The number of nitrogens with one attached hydrogen (secondary N) is 1. The van der Waals surface area contributed by atoms with Gasteiger partial charge in [0.15, 0.2) is 0 Å². The molecule has 0 aliphatic carbocycles. The lowest BCUT2D eigenvalue weighted by molar-refractivity contribution is -0.124. The summed E-state index contributed by atoms with van der Waals surface area (Å²) < 4.78 is 32.9. The molecule has 1 aliphatic rings. The molecule has 7 nitrogen and oxygen atoms in total. The van der Waals surface area contributed by atoms with Crippen LogP contribution in [0, 0.1) is 0 Å². The van der Waals surface area contributed by atoms with E-state index in [1.165, 1.54) is 35.7 Å². The van der Waals surface area contributed by atoms with Crippen LogP contribution in [0.2, 0.25) is 5.02 Å². The minimum atomic E-state index is -3.92. The van der Waals surface area contributed by atoms with E-state index in [1.807, 2.05) is 0 Å². The summed E-state index contributed by atoms with van der Waals surface area (Å²) in [5.41, 5.74) is 1.26. The summed E-state index contributed by atoms with van der Waals surface area (Å²) in [5.74, 6) is -0.718. The lowest BCUT2D eigenvalue weighted by Crippen LogP contribution is -2.49. The van der Waals surface area contributed by atoms with Gasteiger partial charge in [-0.1, -0.05) is 23.7 Å². The van der Waals surface area contributed by atoms with Crippen LogP contribution in [0.4, 0.5) is 0 Å². The molecule has 31 heavy (non-hydrogen) atoms. The minimum Gasteiger partial charge on any atom is -0.465 e. The van der Waals surface area contributed by atoms with Crippen LogP contribution in [0.3, 0.4) is 0 Å². The summed E-state index contributed by atoms with van der Waals surface area (Å²) in [7, 11) is -2.61. The van der Waals surface area contributed by atoms with Crippen LogP contribution < -0.4 is 5.32 Å². The highest BCUT2D eigenvalue weighted by Gasteiger charge is 2.36. The highest BCUT2D eigenvalue weighted by molar-refractivity contribution is 7.89. The first-order chi connectivity index (χ1) is 14.8. The van der Waals surface area contributed by atoms with E-state index in [0.29, 0.717) is 30.0 Å². The largest absolute Gasteiger partial charge is 0.465 e. The van der Waals surface area contributed by atoms with Gasteiger partial charge < -0.3 is 10.1 Å². The number of carbonyl (C=O) groups is 2. The van der Waals surface area contributed by atoms with Crippen LogP contribution in [0.5, 0.6) is 0 Å². The van der Waals surface area contributed by atoms with Gasteiger partial charge in [-0.2, -0.15) is 4.31 Å². The van der Waals surface area contributed by atoms with Crippen LogP contribution in [0.1, 0.15) is 35.2 Å². The molecule has 0 bridgehead atoms. The molecule has 1 saturated heterocycles. The number of benzene rings is 2. The zero-order valence-corrected chi connectivity index (χ0v) is 18.8. The molecule has 2 aromatic carbocycles. The van der Waals surface area contributed by atoms with E-state index in [2.05, 4.69) is 5.32 Å². The van der Waals surface area contributed by atoms with Crippen molar-refractivity contribution in [3.05, 3.63) is 64.7 Å². The number of amides is 1. The van der Waals surface area contributed by atoms with Gasteiger partial charge in [-0.25, -0.2) is 13.2 Å². The van der Waals surface area contributed by atoms with Crippen molar-refractivity contribution >= 4 is 33.5 Å². The standard InChI is InChI=1S/C22H25ClN2O5S/c1-30-22(27)17-7-5-16(6-8-17)13-15-25(20-4-2-3-14-24-21(20)26)31(28,29)19-11-9-18(23)10-12-19/h5-12,20H,2-4,13-15H2,1H3,(H,24,26)/t20-/m1/s1. The van der Waals surface area contributed by atoms with Crippen molar-refractivity contribution in [1.29, 1.82) is 0 Å². The predicted octanol–water partition coefficient (Wildman–Crippen LogP) is 3.03. The molecule has 0 spiro atoms. The number of rotatable bonds is 7. The third-order valence-corrected chi connectivity index (χ3v) is 7.44. The fourth-order valence-corrected chi connectivity index (χ4v) is 5.29. The van der Waals surface area contributed by atoms with Crippen molar-refractivity contribution < 1.29 is 22.7 Å². The van der Waals surface area contributed by atoms with E-state index in [-0.39, 0.29) is 17.3 Å². The number of sulfonamides is 1. The first-order valence-corrected chi connectivity index (χ1v) is 11.9. The Morgan fingerprint density at radius 1 is 1.13 bits per heavy atom. The maximum Gasteiger partial charge on any atom is 0.337 e. The van der Waals surface area contributed by atoms with Crippen molar-refractivity contribution in [2.75, 3.05) is 20.2 Å².